The van der Waals surface area contributed by atoms with E-state index >= 15 is 0 Å². The second-order valence-electron chi connectivity index (χ2n) is 15.6. The number of nitrogens with zero attached hydrogens (tertiary/aromatic N) is 1. The lowest BCUT2D eigenvalue weighted by atomic mass is 10.0. The Balaban J connectivity index is 4.27. The summed E-state index contributed by atoms with van der Waals surface area (Å²) in [7, 11) is 5.52. The summed E-state index contributed by atoms with van der Waals surface area (Å²) in [5, 5.41) is 9.60. The quantitative estimate of drug-likeness (QED) is 0.0290. The predicted molar refractivity (Wildman–Crippen MR) is 220 cm³/mol. The Kier molecular flexibility index (Phi) is 34.8. The second-order valence-corrected chi connectivity index (χ2v) is 15.6. The van der Waals surface area contributed by atoms with Gasteiger partial charge in [0.25, 0.3) is 0 Å². The molecule has 0 radical (unpaired) electrons. The zero-order valence-corrected chi connectivity index (χ0v) is 35.0. The van der Waals surface area contributed by atoms with Crippen molar-refractivity contribution in [3.8, 4) is 0 Å². The minimum absolute atomic E-state index is 0.0502. The van der Waals surface area contributed by atoms with E-state index in [1.807, 2.05) is 21.1 Å². The molecule has 0 heterocycles. The lowest BCUT2D eigenvalue weighted by molar-refractivity contribution is -0.887. The third-order valence-corrected chi connectivity index (χ3v) is 9.55. The van der Waals surface area contributed by atoms with Crippen LogP contribution >= 0.6 is 0 Å². The topological polar surface area (TPSA) is 99.1 Å². The Morgan fingerprint density at radius 2 is 1.06 bits per heavy atom. The molecule has 0 saturated heterocycles. The molecule has 0 aromatic heterocycles. The van der Waals surface area contributed by atoms with Crippen LogP contribution in [0.25, 0.3) is 0 Å². The fourth-order valence-electron chi connectivity index (χ4n) is 6.22. The Labute approximate surface area is 325 Å². The molecule has 1 N–H and O–H groups in total. The van der Waals surface area contributed by atoms with Crippen LogP contribution in [0.5, 0.6) is 0 Å². The van der Waals surface area contributed by atoms with Gasteiger partial charge in [0.2, 0.25) is 0 Å². The van der Waals surface area contributed by atoms with Crippen LogP contribution in [0, 0.1) is 0 Å². The van der Waals surface area contributed by atoms with Gasteiger partial charge in [0.05, 0.1) is 34.4 Å². The van der Waals surface area contributed by atoms with Gasteiger partial charge >= 0.3 is 17.9 Å². The highest BCUT2D eigenvalue weighted by Gasteiger charge is 2.31. The maximum atomic E-state index is 12.7. The Morgan fingerprint density at radius 3 is 1.57 bits per heavy atom. The largest absolute Gasteiger partial charge is 0.477 e. The third kappa shape index (κ3) is 35.0. The summed E-state index contributed by atoms with van der Waals surface area (Å²) in [6.07, 6.45) is 40.5. The van der Waals surface area contributed by atoms with E-state index in [4.69, 9.17) is 14.2 Å². The van der Waals surface area contributed by atoms with Crippen LogP contribution in [0.3, 0.4) is 0 Å². The first-order chi connectivity index (χ1) is 25.6. The molecule has 308 valence electrons. The van der Waals surface area contributed by atoms with Crippen molar-refractivity contribution in [2.45, 2.75) is 193 Å². The van der Waals surface area contributed by atoms with Crippen molar-refractivity contribution >= 4 is 17.9 Å². The minimum atomic E-state index is -0.876. The van der Waals surface area contributed by atoms with Gasteiger partial charge < -0.3 is 23.8 Å². The number of carbonyl (C=O) groups excluding carboxylic acids is 2. The second kappa shape index (κ2) is 36.5. The van der Waals surface area contributed by atoms with Gasteiger partial charge in [0.1, 0.15) is 6.61 Å². The van der Waals surface area contributed by atoms with Crippen molar-refractivity contribution < 1.29 is 38.2 Å². The summed E-state index contributed by atoms with van der Waals surface area (Å²) >= 11 is 0. The minimum Gasteiger partial charge on any atom is -0.477 e. The molecule has 0 aliphatic heterocycles. The molecule has 0 fully saturated rings. The number of hydrogen-bond acceptors (Lipinski definition) is 6. The van der Waals surface area contributed by atoms with Gasteiger partial charge in [-0.15, -0.1) is 0 Å². The van der Waals surface area contributed by atoms with E-state index in [2.05, 4.69) is 50.3 Å². The summed E-state index contributed by atoms with van der Waals surface area (Å²) in [4.78, 5) is 36.8. The van der Waals surface area contributed by atoms with Crippen molar-refractivity contribution in [2.75, 3.05) is 41.0 Å². The Bertz CT molecular complexity index is 968. The molecule has 8 heteroatoms. The van der Waals surface area contributed by atoms with Crippen LogP contribution in [0.1, 0.15) is 181 Å². The molecule has 2 unspecified atom stereocenters. The maximum Gasteiger partial charge on any atom is 0.362 e. The molecule has 0 bridgehead atoms. The molecule has 53 heavy (non-hydrogen) atoms. The summed E-state index contributed by atoms with van der Waals surface area (Å²) in [5.41, 5.74) is 0. The SMILES string of the molecule is CC/C=C/C/C=C/C/C=C/CCCCCCCCCCCCC(=O)OC(COCCC(C(=O)O)[N+](C)(C)C)COC(=O)CCCCCCCCCCC. The molecule has 0 aromatic rings. The highest BCUT2D eigenvalue weighted by Crippen LogP contribution is 2.15. The van der Waals surface area contributed by atoms with E-state index in [9.17, 15) is 19.5 Å². The lowest BCUT2D eigenvalue weighted by Crippen LogP contribution is -2.50. The van der Waals surface area contributed by atoms with Crippen LogP contribution in [0.2, 0.25) is 0 Å². The molecular formula is C45H82NO7+. The van der Waals surface area contributed by atoms with Crippen LogP contribution < -0.4 is 0 Å². The smallest absolute Gasteiger partial charge is 0.362 e. The molecule has 0 saturated carbocycles. The molecule has 8 nitrogen and oxygen atoms in total. The molecule has 2 atom stereocenters. The van der Waals surface area contributed by atoms with Gasteiger partial charge in [-0.05, 0) is 44.9 Å². The molecule has 0 aliphatic rings. The summed E-state index contributed by atoms with van der Waals surface area (Å²) in [6.45, 7) is 4.60. The van der Waals surface area contributed by atoms with Crippen molar-refractivity contribution in [1.82, 2.24) is 0 Å². The molecule has 0 aliphatic carbocycles. The summed E-state index contributed by atoms with van der Waals surface area (Å²) in [5.74, 6) is -1.47. The lowest BCUT2D eigenvalue weighted by Gasteiger charge is -2.31. The van der Waals surface area contributed by atoms with E-state index in [0.717, 1.165) is 57.8 Å². The molecule has 0 spiro atoms. The standard InChI is InChI=1S/C45H81NO7/c1-6-8-10-12-14-16-17-18-19-20-21-22-23-24-25-26-28-30-32-34-36-44(48)53-41(39-51-38-37-42(45(49)50)46(3,4)5)40-52-43(47)35-33-31-29-27-15-13-11-9-7-2/h8,10,14,16,18-19,41-42H,6-7,9,11-13,15,17,20-40H2,1-5H3/p+1/b10-8+,16-14+,19-18+. The van der Waals surface area contributed by atoms with Gasteiger partial charge in [-0.2, -0.15) is 0 Å². The van der Waals surface area contributed by atoms with Gasteiger partial charge in [-0.3, -0.25) is 9.59 Å². The number of hydrogen-bond donors (Lipinski definition) is 1. The van der Waals surface area contributed by atoms with Gasteiger partial charge in [-0.1, -0.05) is 153 Å². The van der Waals surface area contributed by atoms with Crippen LogP contribution in [0.15, 0.2) is 36.5 Å². The number of carboxylic acid groups (broad SMARTS) is 1. The predicted octanol–water partition coefficient (Wildman–Crippen LogP) is 11.5. The van der Waals surface area contributed by atoms with Crippen molar-refractivity contribution in [3.63, 3.8) is 0 Å². The van der Waals surface area contributed by atoms with Crippen molar-refractivity contribution in [3.05, 3.63) is 36.5 Å². The van der Waals surface area contributed by atoms with Crippen molar-refractivity contribution in [1.29, 1.82) is 0 Å². The Morgan fingerprint density at radius 1 is 0.585 bits per heavy atom. The number of quaternary nitrogens is 1. The average molecular weight is 749 g/mol. The molecule has 0 aromatic carbocycles. The number of carboxylic acids is 1. The first-order valence-corrected chi connectivity index (χ1v) is 21.5. The number of aliphatic carboxylic acids is 1. The maximum absolute atomic E-state index is 12.7. The molecule has 0 amide bonds. The van der Waals surface area contributed by atoms with E-state index in [-0.39, 0.29) is 36.2 Å². The van der Waals surface area contributed by atoms with E-state index in [1.54, 1.807) is 0 Å². The highest BCUT2D eigenvalue weighted by molar-refractivity contribution is 5.72. The monoisotopic (exact) mass is 749 g/mol. The zero-order valence-electron chi connectivity index (χ0n) is 35.0. The number of rotatable bonds is 38. The number of likely N-dealkylation sites (N-methyl/N-ethyl adjacent to an activating group) is 1. The van der Waals surface area contributed by atoms with Gasteiger partial charge in [-0.25, -0.2) is 4.79 Å². The first kappa shape index (κ1) is 50.5. The summed E-state index contributed by atoms with van der Waals surface area (Å²) < 4.78 is 17.2. The molecular weight excluding hydrogens is 666 g/mol. The van der Waals surface area contributed by atoms with Crippen molar-refractivity contribution in [2.24, 2.45) is 0 Å². The number of esters is 2. The number of ether oxygens (including phenoxy) is 3. The third-order valence-electron chi connectivity index (χ3n) is 9.55. The Hall–Kier alpha value is -2.45. The van der Waals surface area contributed by atoms with Crippen LogP contribution in [0.4, 0.5) is 0 Å². The van der Waals surface area contributed by atoms with Gasteiger partial charge in [0, 0.05) is 19.3 Å². The normalized spacial score (nSPS) is 13.3. The van der Waals surface area contributed by atoms with E-state index in [1.165, 1.54) is 89.9 Å². The fraction of sp³-hybridized carbons (Fsp3) is 0.800. The number of carbonyl (C=O) groups is 3. The van der Waals surface area contributed by atoms with E-state index < -0.39 is 18.1 Å². The average Bonchev–Trinajstić information content (AvgIpc) is 3.11. The first-order valence-electron chi connectivity index (χ1n) is 21.5. The number of allylic oxidation sites excluding steroid dienone is 6. The highest BCUT2D eigenvalue weighted by atomic mass is 16.6. The molecule has 0 rings (SSSR count). The van der Waals surface area contributed by atoms with Crippen LogP contribution in [-0.4, -0.2) is 80.6 Å². The van der Waals surface area contributed by atoms with Crippen LogP contribution in [-0.2, 0) is 28.6 Å². The number of unbranched alkanes of at least 4 members (excludes halogenated alkanes) is 18. The fourth-order valence-corrected chi connectivity index (χ4v) is 6.22. The van der Waals surface area contributed by atoms with Gasteiger partial charge in [0.15, 0.2) is 12.1 Å². The summed E-state index contributed by atoms with van der Waals surface area (Å²) in [6, 6.07) is -0.612. The zero-order chi connectivity index (χ0) is 39.3. The van der Waals surface area contributed by atoms with E-state index in [0.29, 0.717) is 19.3 Å².